The van der Waals surface area contributed by atoms with Gasteiger partial charge in [0.25, 0.3) is 0 Å². The van der Waals surface area contributed by atoms with Crippen LogP contribution in [0.4, 0.5) is 0 Å². The average Bonchev–Trinajstić information content (AvgIpc) is 2.36. The minimum absolute atomic E-state index is 0.0836. The van der Waals surface area contributed by atoms with E-state index < -0.39 is 11.5 Å². The lowest BCUT2D eigenvalue weighted by Crippen LogP contribution is -2.09. The first-order chi connectivity index (χ1) is 8.93. The molecule has 0 aliphatic carbocycles. The number of aromatic hydroxyl groups is 1. The smallest absolute Gasteiger partial charge is 0.347 e. The fraction of sp³-hybridized carbons (Fsp3) is 0.286. The molecule has 1 unspecified atom stereocenters. The third kappa shape index (κ3) is 2.31. The quantitative estimate of drug-likeness (QED) is 0.917. The number of ether oxygens (including phenoxy) is 1. The van der Waals surface area contributed by atoms with Gasteiger partial charge in [-0.3, -0.25) is 4.79 Å². The van der Waals surface area contributed by atoms with Gasteiger partial charge in [0.1, 0.15) is 28.4 Å². The lowest BCUT2D eigenvalue weighted by molar-refractivity contribution is -0.118. The Balaban J connectivity index is 2.75. The minimum atomic E-state index is -0.666. The molecule has 0 spiro atoms. The van der Waals surface area contributed by atoms with E-state index in [1.165, 1.54) is 20.1 Å². The highest BCUT2D eigenvalue weighted by atomic mass is 16.5. The zero-order chi connectivity index (χ0) is 14.2. The molecule has 1 atom stereocenters. The van der Waals surface area contributed by atoms with Crippen LogP contribution in [0.5, 0.6) is 11.5 Å². The first kappa shape index (κ1) is 13.1. The van der Waals surface area contributed by atoms with Crippen molar-refractivity contribution < 1.29 is 19.1 Å². The molecule has 0 aliphatic rings. The number of hydrogen-bond donors (Lipinski definition) is 1. The number of methoxy groups -OCH3 is 1. The summed E-state index contributed by atoms with van der Waals surface area (Å²) in [6, 6.07) is 4.53. The zero-order valence-electron chi connectivity index (χ0n) is 10.9. The summed E-state index contributed by atoms with van der Waals surface area (Å²) in [6.45, 7) is 3.09. The van der Waals surface area contributed by atoms with Crippen molar-refractivity contribution in [3.8, 4) is 11.5 Å². The molecule has 1 heterocycles. The first-order valence-electron chi connectivity index (χ1n) is 5.79. The largest absolute Gasteiger partial charge is 0.507 e. The molecule has 5 nitrogen and oxygen atoms in total. The number of Topliss-reactive ketones (excluding diaryl/α,β-unsaturated/α-hetero) is 1. The molecule has 1 aromatic carbocycles. The van der Waals surface area contributed by atoms with Crippen LogP contribution in [0.15, 0.2) is 27.4 Å². The fourth-order valence-electron chi connectivity index (χ4n) is 1.83. The predicted octanol–water partition coefficient (Wildman–Crippen LogP) is 2.20. The highest BCUT2D eigenvalue weighted by Crippen LogP contribution is 2.29. The monoisotopic (exact) mass is 262 g/mol. The minimum Gasteiger partial charge on any atom is -0.507 e. The summed E-state index contributed by atoms with van der Waals surface area (Å²) >= 11 is 0. The number of fused-ring (bicyclic) bond motifs is 1. The van der Waals surface area contributed by atoms with E-state index in [4.69, 9.17) is 9.15 Å². The van der Waals surface area contributed by atoms with Crippen LogP contribution >= 0.6 is 0 Å². The molecule has 2 aromatic rings. The molecule has 0 saturated carbocycles. The summed E-state index contributed by atoms with van der Waals surface area (Å²) < 4.78 is 10.1. The van der Waals surface area contributed by atoms with Gasteiger partial charge in [0.2, 0.25) is 0 Å². The van der Waals surface area contributed by atoms with Crippen LogP contribution in [0.1, 0.15) is 25.5 Å². The van der Waals surface area contributed by atoms with Crippen molar-refractivity contribution in [1.29, 1.82) is 0 Å². The van der Waals surface area contributed by atoms with Crippen molar-refractivity contribution in [2.24, 2.45) is 0 Å². The van der Waals surface area contributed by atoms with Crippen LogP contribution in [0.2, 0.25) is 0 Å². The van der Waals surface area contributed by atoms with Gasteiger partial charge in [0.05, 0.1) is 13.0 Å². The average molecular weight is 262 g/mol. The molecule has 0 bridgehead atoms. The Morgan fingerprint density at radius 2 is 2.05 bits per heavy atom. The van der Waals surface area contributed by atoms with Crippen LogP contribution in [-0.2, 0) is 4.79 Å². The second-order valence-electron chi connectivity index (χ2n) is 4.38. The number of phenolic OH excluding ortho intramolecular Hbond substituents is 1. The van der Waals surface area contributed by atoms with Crippen molar-refractivity contribution in [3.63, 3.8) is 0 Å². The summed E-state index contributed by atoms with van der Waals surface area (Å²) in [5.74, 6) is -0.111. The van der Waals surface area contributed by atoms with Gasteiger partial charge in [-0.05, 0) is 31.4 Å². The van der Waals surface area contributed by atoms with Crippen molar-refractivity contribution in [1.82, 2.24) is 0 Å². The molecular formula is C14H14O5. The lowest BCUT2D eigenvalue weighted by Gasteiger charge is -2.09. The maximum Gasteiger partial charge on any atom is 0.347 e. The van der Waals surface area contributed by atoms with Crippen LogP contribution in [0.3, 0.4) is 0 Å². The Hall–Kier alpha value is -2.30. The molecule has 5 heteroatoms. The van der Waals surface area contributed by atoms with E-state index in [-0.39, 0.29) is 22.7 Å². The Labute approximate surface area is 109 Å². The molecule has 0 saturated heterocycles. The molecule has 100 valence electrons. The van der Waals surface area contributed by atoms with Crippen molar-refractivity contribution >= 4 is 16.6 Å². The fourth-order valence-corrected chi connectivity index (χ4v) is 1.83. The summed E-state index contributed by atoms with van der Waals surface area (Å²) in [5, 5.41) is 10.4. The summed E-state index contributed by atoms with van der Waals surface area (Å²) in [6.07, 6.45) is 0. The van der Waals surface area contributed by atoms with Crippen LogP contribution in [0.25, 0.3) is 10.8 Å². The van der Waals surface area contributed by atoms with E-state index in [9.17, 15) is 14.7 Å². The molecule has 0 fully saturated rings. The van der Waals surface area contributed by atoms with Gasteiger partial charge >= 0.3 is 5.63 Å². The molecular weight excluding hydrogens is 248 g/mol. The Morgan fingerprint density at radius 3 is 2.63 bits per heavy atom. The van der Waals surface area contributed by atoms with E-state index in [0.29, 0.717) is 11.1 Å². The standard InChI is InChI=1S/C14H14O5/c1-7(8(2)15)12-5-9-4-10(18-3)6-11(16)13(9)14(17)19-12/h4-7,16H,1-3H3. The second kappa shape index (κ2) is 4.76. The summed E-state index contributed by atoms with van der Waals surface area (Å²) in [7, 11) is 1.46. The number of carbonyl (C=O) groups is 1. The van der Waals surface area contributed by atoms with Gasteiger partial charge < -0.3 is 14.3 Å². The Morgan fingerprint density at radius 1 is 1.37 bits per heavy atom. The Kier molecular flexibility index (Phi) is 3.29. The molecule has 19 heavy (non-hydrogen) atoms. The lowest BCUT2D eigenvalue weighted by atomic mass is 10.0. The highest BCUT2D eigenvalue weighted by molar-refractivity contribution is 5.90. The second-order valence-corrected chi connectivity index (χ2v) is 4.38. The van der Waals surface area contributed by atoms with Crippen LogP contribution in [0, 0.1) is 0 Å². The number of carbonyl (C=O) groups excluding carboxylic acids is 1. The van der Waals surface area contributed by atoms with Crippen molar-refractivity contribution in [2.75, 3.05) is 7.11 Å². The van der Waals surface area contributed by atoms with E-state index in [2.05, 4.69) is 0 Å². The van der Waals surface area contributed by atoms with Gasteiger partial charge in [-0.15, -0.1) is 0 Å². The first-order valence-corrected chi connectivity index (χ1v) is 5.79. The van der Waals surface area contributed by atoms with Gasteiger partial charge in [-0.1, -0.05) is 0 Å². The number of ketones is 1. The van der Waals surface area contributed by atoms with Gasteiger partial charge in [-0.25, -0.2) is 4.79 Å². The number of benzene rings is 1. The van der Waals surface area contributed by atoms with Gasteiger partial charge in [0.15, 0.2) is 0 Å². The van der Waals surface area contributed by atoms with Gasteiger partial charge in [-0.2, -0.15) is 0 Å². The maximum atomic E-state index is 11.9. The molecule has 0 radical (unpaired) electrons. The van der Waals surface area contributed by atoms with E-state index >= 15 is 0 Å². The normalized spacial score (nSPS) is 12.4. The van der Waals surface area contributed by atoms with Crippen molar-refractivity contribution in [3.05, 3.63) is 34.4 Å². The predicted molar refractivity (Wildman–Crippen MR) is 69.8 cm³/mol. The highest BCUT2D eigenvalue weighted by Gasteiger charge is 2.17. The summed E-state index contributed by atoms with van der Waals surface area (Å²) in [5.41, 5.74) is -0.666. The molecule has 0 aliphatic heterocycles. The zero-order valence-corrected chi connectivity index (χ0v) is 10.9. The number of rotatable bonds is 3. The van der Waals surface area contributed by atoms with E-state index in [0.717, 1.165) is 0 Å². The van der Waals surface area contributed by atoms with E-state index in [1.54, 1.807) is 19.1 Å². The molecule has 0 amide bonds. The number of phenols is 1. The molecule has 2 rings (SSSR count). The third-order valence-electron chi connectivity index (χ3n) is 3.11. The van der Waals surface area contributed by atoms with E-state index in [1.807, 2.05) is 0 Å². The van der Waals surface area contributed by atoms with Crippen LogP contribution in [-0.4, -0.2) is 18.0 Å². The van der Waals surface area contributed by atoms with Gasteiger partial charge in [0, 0.05) is 6.07 Å². The number of hydrogen-bond acceptors (Lipinski definition) is 5. The topological polar surface area (TPSA) is 76.7 Å². The SMILES string of the molecule is COc1cc(O)c2c(=O)oc(C(C)C(C)=O)cc2c1. The molecule has 1 N–H and O–H groups in total. The van der Waals surface area contributed by atoms with Crippen molar-refractivity contribution in [2.45, 2.75) is 19.8 Å². The Bertz CT molecular complexity index is 699. The third-order valence-corrected chi connectivity index (χ3v) is 3.11. The maximum absolute atomic E-state index is 11.9. The molecule has 1 aromatic heterocycles. The van der Waals surface area contributed by atoms with Crippen LogP contribution < -0.4 is 10.4 Å². The summed E-state index contributed by atoms with van der Waals surface area (Å²) in [4.78, 5) is 23.2.